The molecular weight excluding hydrogens is 258 g/mol. The Bertz CT molecular complexity index is 540. The average molecular weight is 269 g/mol. The second kappa shape index (κ2) is 5.36. The molecule has 1 rings (SSSR count). The van der Waals surface area contributed by atoms with Crippen molar-refractivity contribution in [3.63, 3.8) is 0 Å². The quantitative estimate of drug-likeness (QED) is 0.486. The van der Waals surface area contributed by atoms with Crippen LogP contribution in [0.3, 0.4) is 0 Å². The van der Waals surface area contributed by atoms with E-state index < -0.39 is 41.2 Å². The molecule has 8 nitrogen and oxygen atoms in total. The van der Waals surface area contributed by atoms with E-state index in [1.165, 1.54) is 0 Å². The number of benzene rings is 1. The van der Waals surface area contributed by atoms with Crippen LogP contribution in [0.5, 0.6) is 5.75 Å². The Hall–Kier alpha value is -2.61. The molecule has 1 aromatic carbocycles. The maximum Gasteiger partial charge on any atom is 0.339 e. The first kappa shape index (κ1) is 14.5. The minimum absolute atomic E-state index is 0.113. The molecule has 0 fully saturated rings. The molecule has 8 heteroatoms. The van der Waals surface area contributed by atoms with E-state index >= 15 is 0 Å². The number of phenols is 1. The minimum Gasteiger partial charge on any atom is -0.507 e. The summed E-state index contributed by atoms with van der Waals surface area (Å²) in [5, 5.41) is 35.8. The van der Waals surface area contributed by atoms with Crippen molar-refractivity contribution in [2.45, 2.75) is 12.0 Å². The fraction of sp³-hybridized carbons (Fsp3) is 0.182. The first-order valence-electron chi connectivity index (χ1n) is 5.03. The molecule has 0 spiro atoms. The Morgan fingerprint density at radius 1 is 1.05 bits per heavy atom. The van der Waals surface area contributed by atoms with Crippen molar-refractivity contribution >= 4 is 17.9 Å². The highest BCUT2D eigenvalue weighted by Crippen LogP contribution is 2.25. The molecule has 0 bridgehead atoms. The number of hydrogen-bond acceptors (Lipinski definition) is 5. The summed E-state index contributed by atoms with van der Waals surface area (Å²) in [4.78, 5) is 32.6. The number of aromatic carboxylic acids is 1. The predicted molar refractivity (Wildman–Crippen MR) is 61.1 cm³/mol. The lowest BCUT2D eigenvalue weighted by Gasteiger charge is -2.17. The van der Waals surface area contributed by atoms with Crippen LogP contribution in [-0.2, 0) is 9.59 Å². The van der Waals surface area contributed by atoms with Gasteiger partial charge in [-0.15, -0.1) is 0 Å². The van der Waals surface area contributed by atoms with Gasteiger partial charge in [-0.25, -0.2) is 4.79 Å². The molecule has 19 heavy (non-hydrogen) atoms. The molecule has 0 amide bonds. The Kier molecular flexibility index (Phi) is 4.07. The van der Waals surface area contributed by atoms with Gasteiger partial charge in [-0.2, -0.15) is 0 Å². The van der Waals surface area contributed by atoms with Crippen molar-refractivity contribution in [1.29, 1.82) is 0 Å². The van der Waals surface area contributed by atoms with Crippen LogP contribution in [0.2, 0.25) is 0 Å². The zero-order valence-electron chi connectivity index (χ0n) is 9.48. The van der Waals surface area contributed by atoms with E-state index in [2.05, 4.69) is 0 Å². The highest BCUT2D eigenvalue weighted by atomic mass is 16.4. The largest absolute Gasteiger partial charge is 0.507 e. The van der Waals surface area contributed by atoms with Gasteiger partial charge in [-0.05, 0) is 17.7 Å². The molecule has 0 aliphatic carbocycles. The van der Waals surface area contributed by atoms with Gasteiger partial charge < -0.3 is 26.2 Å². The van der Waals surface area contributed by atoms with Crippen molar-refractivity contribution in [2.24, 2.45) is 5.73 Å². The van der Waals surface area contributed by atoms with Crippen molar-refractivity contribution < 1.29 is 34.8 Å². The normalized spacial score (nSPS) is 13.5. The monoisotopic (exact) mass is 269 g/mol. The summed E-state index contributed by atoms with van der Waals surface area (Å²) < 4.78 is 0. The van der Waals surface area contributed by atoms with Gasteiger partial charge >= 0.3 is 17.9 Å². The van der Waals surface area contributed by atoms with Gasteiger partial charge in [0.1, 0.15) is 23.3 Å². The Labute approximate surface area is 106 Å². The van der Waals surface area contributed by atoms with Gasteiger partial charge in [-0.3, -0.25) is 9.59 Å². The maximum absolute atomic E-state index is 11.1. The smallest absolute Gasteiger partial charge is 0.339 e. The van der Waals surface area contributed by atoms with E-state index in [9.17, 15) is 19.5 Å². The average Bonchev–Trinajstić information content (AvgIpc) is 2.30. The highest BCUT2D eigenvalue weighted by Gasteiger charge is 2.33. The zero-order chi connectivity index (χ0) is 14.7. The van der Waals surface area contributed by atoms with Crippen LogP contribution in [0, 0.1) is 0 Å². The fourth-order valence-electron chi connectivity index (χ4n) is 1.56. The SMILES string of the molecule is N[C@H](C(=O)O)C(C(=O)O)c1ccc(O)c(C(=O)O)c1. The third-order valence-electron chi connectivity index (χ3n) is 2.52. The summed E-state index contributed by atoms with van der Waals surface area (Å²) in [7, 11) is 0. The number of carboxylic acids is 3. The van der Waals surface area contributed by atoms with E-state index in [4.69, 9.17) is 21.1 Å². The number of nitrogens with two attached hydrogens (primary N) is 1. The van der Waals surface area contributed by atoms with E-state index in [-0.39, 0.29) is 5.56 Å². The third kappa shape index (κ3) is 2.99. The van der Waals surface area contributed by atoms with Gasteiger partial charge in [0.15, 0.2) is 0 Å². The lowest BCUT2D eigenvalue weighted by Crippen LogP contribution is -2.40. The molecule has 1 aromatic rings. The van der Waals surface area contributed by atoms with Gasteiger partial charge in [0, 0.05) is 0 Å². The Balaban J connectivity index is 3.32. The molecule has 6 N–H and O–H groups in total. The summed E-state index contributed by atoms with van der Waals surface area (Å²) in [5.74, 6) is -6.66. The lowest BCUT2D eigenvalue weighted by molar-refractivity contribution is -0.146. The minimum atomic E-state index is -1.73. The van der Waals surface area contributed by atoms with E-state index in [1.807, 2.05) is 0 Å². The van der Waals surface area contributed by atoms with Crippen molar-refractivity contribution in [1.82, 2.24) is 0 Å². The summed E-state index contributed by atoms with van der Waals surface area (Å²) in [6.45, 7) is 0. The molecule has 0 aromatic heterocycles. The molecule has 2 atom stereocenters. The zero-order valence-corrected chi connectivity index (χ0v) is 9.48. The first-order chi connectivity index (χ1) is 8.75. The molecule has 102 valence electrons. The second-order valence-corrected chi connectivity index (χ2v) is 3.76. The van der Waals surface area contributed by atoms with Crippen LogP contribution in [0.25, 0.3) is 0 Å². The van der Waals surface area contributed by atoms with Gasteiger partial charge in [-0.1, -0.05) is 6.07 Å². The highest BCUT2D eigenvalue weighted by molar-refractivity contribution is 5.92. The molecule has 0 aliphatic rings. The molecule has 0 aliphatic heterocycles. The Morgan fingerprint density at radius 2 is 1.63 bits per heavy atom. The number of aromatic hydroxyl groups is 1. The molecule has 0 saturated carbocycles. The number of rotatable bonds is 5. The van der Waals surface area contributed by atoms with Crippen LogP contribution in [0.1, 0.15) is 21.8 Å². The number of hydrogen-bond donors (Lipinski definition) is 5. The summed E-state index contributed by atoms with van der Waals surface area (Å²) in [6, 6.07) is 1.25. The van der Waals surface area contributed by atoms with E-state index in [0.717, 1.165) is 18.2 Å². The standard InChI is InChI=1S/C11H11NO7/c12-8(11(18)19)7(10(16)17)4-1-2-6(13)5(3-4)9(14)15/h1-3,7-8,13H,12H2,(H,14,15)(H,16,17)(H,18,19)/t7?,8-/m0/s1. The van der Waals surface area contributed by atoms with Crippen molar-refractivity contribution in [2.75, 3.05) is 0 Å². The van der Waals surface area contributed by atoms with Crippen LogP contribution in [0.4, 0.5) is 0 Å². The predicted octanol–water partition coefficient (Wildman–Crippen LogP) is -0.329. The van der Waals surface area contributed by atoms with Crippen molar-refractivity contribution in [3.8, 4) is 5.75 Å². The number of aliphatic carboxylic acids is 2. The molecular formula is C11H11NO7. The van der Waals surface area contributed by atoms with E-state index in [0.29, 0.717) is 0 Å². The second-order valence-electron chi connectivity index (χ2n) is 3.76. The summed E-state index contributed by atoms with van der Waals surface area (Å²) >= 11 is 0. The van der Waals surface area contributed by atoms with Crippen LogP contribution < -0.4 is 5.73 Å². The number of carbonyl (C=O) groups is 3. The molecule has 0 saturated heterocycles. The molecule has 1 unspecified atom stereocenters. The van der Waals surface area contributed by atoms with E-state index in [1.54, 1.807) is 0 Å². The maximum atomic E-state index is 11.1. The molecule has 0 radical (unpaired) electrons. The molecule has 0 heterocycles. The Morgan fingerprint density at radius 3 is 2.05 bits per heavy atom. The van der Waals surface area contributed by atoms with Crippen molar-refractivity contribution in [3.05, 3.63) is 29.3 Å². The van der Waals surface area contributed by atoms with Crippen LogP contribution in [0.15, 0.2) is 18.2 Å². The fourth-order valence-corrected chi connectivity index (χ4v) is 1.56. The van der Waals surface area contributed by atoms with Gasteiger partial charge in [0.25, 0.3) is 0 Å². The lowest BCUT2D eigenvalue weighted by atomic mass is 9.90. The van der Waals surface area contributed by atoms with Gasteiger partial charge in [0.2, 0.25) is 0 Å². The van der Waals surface area contributed by atoms with Crippen LogP contribution in [-0.4, -0.2) is 44.4 Å². The number of carboxylic acid groups (broad SMARTS) is 3. The summed E-state index contributed by atoms with van der Waals surface area (Å²) in [6.07, 6.45) is 0. The topological polar surface area (TPSA) is 158 Å². The first-order valence-corrected chi connectivity index (χ1v) is 5.03. The third-order valence-corrected chi connectivity index (χ3v) is 2.52. The van der Waals surface area contributed by atoms with Gasteiger partial charge in [0.05, 0.1) is 0 Å². The van der Waals surface area contributed by atoms with Crippen LogP contribution >= 0.6 is 0 Å². The summed E-state index contributed by atoms with van der Waals surface area (Å²) in [5.41, 5.74) is 4.63.